The van der Waals surface area contributed by atoms with Crippen LogP contribution in [0.15, 0.2) is 48.5 Å². The van der Waals surface area contributed by atoms with Gasteiger partial charge in [0, 0.05) is 11.2 Å². The number of aryl methyl sites for hydroxylation is 1. The Hall–Kier alpha value is -2.17. The zero-order valence-electron chi connectivity index (χ0n) is 15.0. The van der Waals surface area contributed by atoms with Crippen molar-refractivity contribution in [3.05, 3.63) is 59.0 Å². The molecule has 0 spiro atoms. The summed E-state index contributed by atoms with van der Waals surface area (Å²) < 4.78 is 1.16. The van der Waals surface area contributed by atoms with Gasteiger partial charge in [0.15, 0.2) is 0 Å². The van der Waals surface area contributed by atoms with Crippen molar-refractivity contribution in [3.63, 3.8) is 0 Å². The predicted octanol–water partition coefficient (Wildman–Crippen LogP) is 4.61. The molecule has 4 rings (SSSR count). The Morgan fingerprint density at radius 3 is 2.58 bits per heavy atom. The van der Waals surface area contributed by atoms with E-state index in [1.165, 1.54) is 16.7 Å². The highest BCUT2D eigenvalue weighted by Crippen LogP contribution is 2.30. The summed E-state index contributed by atoms with van der Waals surface area (Å²) in [7, 11) is 0. The van der Waals surface area contributed by atoms with Gasteiger partial charge < -0.3 is 10.6 Å². The van der Waals surface area contributed by atoms with Gasteiger partial charge in [-0.3, -0.25) is 4.79 Å². The SMILES string of the molecule is Cc1ccc(-c2ccc3cc(C(=O)NCC4CCNCC4)sc3c2)cc1. The van der Waals surface area contributed by atoms with Gasteiger partial charge in [-0.2, -0.15) is 0 Å². The van der Waals surface area contributed by atoms with Crippen LogP contribution in [0.2, 0.25) is 0 Å². The maximum Gasteiger partial charge on any atom is 0.261 e. The Morgan fingerprint density at radius 2 is 1.81 bits per heavy atom. The van der Waals surface area contributed by atoms with Gasteiger partial charge in [-0.1, -0.05) is 42.0 Å². The summed E-state index contributed by atoms with van der Waals surface area (Å²) in [5, 5.41) is 7.63. The number of hydrogen-bond donors (Lipinski definition) is 2. The molecule has 3 aromatic rings. The van der Waals surface area contributed by atoms with Crippen LogP contribution in [0.25, 0.3) is 21.2 Å². The molecule has 0 atom stereocenters. The van der Waals surface area contributed by atoms with Gasteiger partial charge in [-0.15, -0.1) is 11.3 Å². The van der Waals surface area contributed by atoms with E-state index in [1.54, 1.807) is 11.3 Å². The van der Waals surface area contributed by atoms with Crippen LogP contribution in [0.4, 0.5) is 0 Å². The van der Waals surface area contributed by atoms with Gasteiger partial charge in [0.2, 0.25) is 0 Å². The first kappa shape index (κ1) is 17.3. The third kappa shape index (κ3) is 3.81. The van der Waals surface area contributed by atoms with Gasteiger partial charge in [-0.05, 0) is 67.4 Å². The molecule has 1 amide bonds. The average Bonchev–Trinajstić information content (AvgIpc) is 3.11. The summed E-state index contributed by atoms with van der Waals surface area (Å²) in [5.41, 5.74) is 3.67. The smallest absolute Gasteiger partial charge is 0.261 e. The molecule has 1 aromatic heterocycles. The zero-order chi connectivity index (χ0) is 17.9. The molecule has 2 N–H and O–H groups in total. The molecule has 4 heteroatoms. The number of amides is 1. The number of rotatable bonds is 4. The normalized spacial score (nSPS) is 15.3. The van der Waals surface area contributed by atoms with E-state index in [0.717, 1.165) is 47.4 Å². The van der Waals surface area contributed by atoms with E-state index < -0.39 is 0 Å². The van der Waals surface area contributed by atoms with Crippen molar-refractivity contribution in [1.82, 2.24) is 10.6 Å². The Bertz CT molecular complexity index is 908. The minimum Gasteiger partial charge on any atom is -0.351 e. The molecule has 1 fully saturated rings. The summed E-state index contributed by atoms with van der Waals surface area (Å²) in [6.07, 6.45) is 2.29. The molecule has 0 radical (unpaired) electrons. The lowest BCUT2D eigenvalue weighted by Gasteiger charge is -2.22. The van der Waals surface area contributed by atoms with E-state index in [-0.39, 0.29) is 5.91 Å². The van der Waals surface area contributed by atoms with Gasteiger partial charge >= 0.3 is 0 Å². The minimum absolute atomic E-state index is 0.0571. The van der Waals surface area contributed by atoms with Crippen LogP contribution in [-0.4, -0.2) is 25.5 Å². The summed E-state index contributed by atoms with van der Waals surface area (Å²) in [5.74, 6) is 0.657. The molecule has 0 bridgehead atoms. The number of benzene rings is 2. The van der Waals surface area contributed by atoms with Crippen LogP contribution in [0.1, 0.15) is 28.1 Å². The van der Waals surface area contributed by atoms with Crippen LogP contribution in [-0.2, 0) is 0 Å². The van der Waals surface area contributed by atoms with E-state index in [4.69, 9.17) is 0 Å². The van der Waals surface area contributed by atoms with Crippen LogP contribution in [0.3, 0.4) is 0 Å². The molecule has 26 heavy (non-hydrogen) atoms. The molecule has 0 aliphatic carbocycles. The van der Waals surface area contributed by atoms with E-state index in [0.29, 0.717) is 5.92 Å². The van der Waals surface area contributed by atoms with Crippen molar-refractivity contribution in [2.75, 3.05) is 19.6 Å². The fourth-order valence-electron chi connectivity index (χ4n) is 3.48. The van der Waals surface area contributed by atoms with Crippen LogP contribution < -0.4 is 10.6 Å². The number of fused-ring (bicyclic) bond motifs is 1. The van der Waals surface area contributed by atoms with E-state index in [1.807, 2.05) is 6.07 Å². The van der Waals surface area contributed by atoms with Crippen molar-refractivity contribution in [2.45, 2.75) is 19.8 Å². The molecule has 0 saturated carbocycles. The first-order valence-electron chi connectivity index (χ1n) is 9.28. The number of nitrogens with one attached hydrogen (secondary N) is 2. The second kappa shape index (κ2) is 7.60. The number of carbonyl (C=O) groups is 1. The van der Waals surface area contributed by atoms with Crippen molar-refractivity contribution < 1.29 is 4.79 Å². The molecular weight excluding hydrogens is 340 g/mol. The molecule has 1 aliphatic heterocycles. The molecule has 134 valence electrons. The Morgan fingerprint density at radius 1 is 1.08 bits per heavy atom. The fraction of sp³-hybridized carbons (Fsp3) is 0.318. The third-order valence-electron chi connectivity index (χ3n) is 5.14. The number of thiophene rings is 1. The highest BCUT2D eigenvalue weighted by atomic mass is 32.1. The maximum absolute atomic E-state index is 12.5. The first-order chi connectivity index (χ1) is 12.7. The highest BCUT2D eigenvalue weighted by Gasteiger charge is 2.16. The maximum atomic E-state index is 12.5. The molecule has 0 unspecified atom stereocenters. The zero-order valence-corrected chi connectivity index (χ0v) is 15.9. The molecular formula is C22H24N2OS. The van der Waals surface area contributed by atoms with Gasteiger partial charge in [0.25, 0.3) is 5.91 Å². The highest BCUT2D eigenvalue weighted by molar-refractivity contribution is 7.20. The summed E-state index contributed by atoms with van der Waals surface area (Å²) >= 11 is 1.58. The topological polar surface area (TPSA) is 41.1 Å². The van der Waals surface area contributed by atoms with Crippen molar-refractivity contribution in [1.29, 1.82) is 0 Å². The van der Waals surface area contributed by atoms with E-state index >= 15 is 0 Å². The van der Waals surface area contributed by atoms with Gasteiger partial charge in [0.05, 0.1) is 4.88 Å². The van der Waals surface area contributed by atoms with Crippen molar-refractivity contribution >= 4 is 27.3 Å². The quantitative estimate of drug-likeness (QED) is 0.710. The molecule has 2 aromatic carbocycles. The predicted molar refractivity (Wildman–Crippen MR) is 110 cm³/mol. The Balaban J connectivity index is 1.49. The van der Waals surface area contributed by atoms with Crippen LogP contribution in [0.5, 0.6) is 0 Å². The van der Waals surface area contributed by atoms with Crippen molar-refractivity contribution in [3.8, 4) is 11.1 Å². The number of hydrogen-bond acceptors (Lipinski definition) is 3. The lowest BCUT2D eigenvalue weighted by atomic mass is 9.98. The third-order valence-corrected chi connectivity index (χ3v) is 6.24. The molecule has 2 heterocycles. The lowest BCUT2D eigenvalue weighted by molar-refractivity contribution is 0.0948. The monoisotopic (exact) mass is 364 g/mol. The lowest BCUT2D eigenvalue weighted by Crippen LogP contribution is -2.35. The van der Waals surface area contributed by atoms with Crippen LogP contribution in [0, 0.1) is 12.8 Å². The summed E-state index contributed by atoms with van der Waals surface area (Å²) in [6, 6.07) is 17.0. The number of carbonyl (C=O) groups excluding carboxylic acids is 1. The second-order valence-corrected chi connectivity index (χ2v) is 8.22. The molecule has 1 saturated heterocycles. The Kier molecular flexibility index (Phi) is 5.05. The van der Waals surface area contributed by atoms with Crippen molar-refractivity contribution in [2.24, 2.45) is 5.92 Å². The van der Waals surface area contributed by atoms with Gasteiger partial charge in [-0.25, -0.2) is 0 Å². The summed E-state index contributed by atoms with van der Waals surface area (Å²) in [6.45, 7) is 5.00. The Labute approximate surface area is 158 Å². The largest absolute Gasteiger partial charge is 0.351 e. The first-order valence-corrected chi connectivity index (χ1v) is 10.1. The number of piperidine rings is 1. The van der Waals surface area contributed by atoms with E-state index in [2.05, 4.69) is 60.0 Å². The van der Waals surface area contributed by atoms with E-state index in [9.17, 15) is 4.79 Å². The molecule has 3 nitrogen and oxygen atoms in total. The van der Waals surface area contributed by atoms with Gasteiger partial charge in [0.1, 0.15) is 0 Å². The summed E-state index contributed by atoms with van der Waals surface area (Å²) in [4.78, 5) is 13.3. The van der Waals surface area contributed by atoms with Crippen LogP contribution >= 0.6 is 11.3 Å². The minimum atomic E-state index is 0.0571. The molecule has 1 aliphatic rings. The standard InChI is InChI=1S/C22H24N2OS/c1-15-2-4-17(5-3-15)18-6-7-19-13-21(26-20(19)12-18)22(25)24-14-16-8-10-23-11-9-16/h2-7,12-13,16,23H,8-11,14H2,1H3,(H,24,25). The second-order valence-electron chi connectivity index (χ2n) is 7.13. The average molecular weight is 365 g/mol. The fourth-order valence-corrected chi connectivity index (χ4v) is 4.50.